The van der Waals surface area contributed by atoms with Crippen molar-refractivity contribution in [2.45, 2.75) is 26.2 Å². The molecular weight excluding hydrogens is 174 g/mol. The van der Waals surface area contributed by atoms with E-state index in [0.717, 1.165) is 5.56 Å². The van der Waals surface area contributed by atoms with E-state index in [1.165, 1.54) is 6.07 Å². The van der Waals surface area contributed by atoms with Gasteiger partial charge < -0.3 is 5.11 Å². The number of nitrogens with zero attached hydrogens (tertiary/aromatic N) is 1. The van der Waals surface area contributed by atoms with Gasteiger partial charge in [0.05, 0.1) is 5.02 Å². The first-order valence-electron chi connectivity index (χ1n) is 3.76. The Kier molecular flexibility index (Phi) is 2.29. The van der Waals surface area contributed by atoms with Crippen LogP contribution in [-0.4, -0.2) is 10.1 Å². The third-order valence-corrected chi connectivity index (χ3v) is 1.96. The van der Waals surface area contributed by atoms with E-state index in [9.17, 15) is 0 Å². The Balaban J connectivity index is 3.19. The summed E-state index contributed by atoms with van der Waals surface area (Å²) in [6.07, 6.45) is 1.61. The van der Waals surface area contributed by atoms with E-state index in [0.29, 0.717) is 5.02 Å². The second-order valence-electron chi connectivity index (χ2n) is 3.77. The van der Waals surface area contributed by atoms with Gasteiger partial charge in [-0.25, -0.2) is 4.98 Å². The lowest BCUT2D eigenvalue weighted by atomic mass is 9.88. The van der Waals surface area contributed by atoms with E-state index in [2.05, 4.69) is 4.98 Å². The first kappa shape index (κ1) is 9.33. The van der Waals surface area contributed by atoms with Crippen molar-refractivity contribution in [3.05, 3.63) is 22.8 Å². The van der Waals surface area contributed by atoms with Crippen molar-refractivity contribution in [3.63, 3.8) is 0 Å². The van der Waals surface area contributed by atoms with Crippen LogP contribution in [0.4, 0.5) is 0 Å². The lowest BCUT2D eigenvalue weighted by Gasteiger charge is -2.19. The van der Waals surface area contributed by atoms with Crippen LogP contribution in [0.15, 0.2) is 12.3 Å². The average Bonchev–Trinajstić information content (AvgIpc) is 1.83. The molecule has 0 aliphatic heterocycles. The maximum absolute atomic E-state index is 9.01. The van der Waals surface area contributed by atoms with E-state index in [-0.39, 0.29) is 11.3 Å². The Morgan fingerprint density at radius 3 is 2.42 bits per heavy atom. The topological polar surface area (TPSA) is 33.1 Å². The molecular formula is C9H12ClNO. The molecule has 0 radical (unpaired) electrons. The molecule has 1 aromatic heterocycles. The van der Waals surface area contributed by atoms with Gasteiger partial charge in [0.2, 0.25) is 5.88 Å². The molecule has 1 rings (SSSR count). The quantitative estimate of drug-likeness (QED) is 0.674. The first-order valence-corrected chi connectivity index (χ1v) is 4.14. The number of pyridine rings is 1. The van der Waals surface area contributed by atoms with Crippen LogP contribution >= 0.6 is 11.6 Å². The van der Waals surface area contributed by atoms with Crippen LogP contribution in [0.3, 0.4) is 0 Å². The van der Waals surface area contributed by atoms with Gasteiger partial charge in [0.1, 0.15) is 0 Å². The van der Waals surface area contributed by atoms with Crippen LogP contribution in [0, 0.1) is 0 Å². The summed E-state index contributed by atoms with van der Waals surface area (Å²) in [4.78, 5) is 3.78. The summed E-state index contributed by atoms with van der Waals surface area (Å²) < 4.78 is 0. The molecule has 1 aromatic rings. The molecule has 1 N–H and O–H groups in total. The van der Waals surface area contributed by atoms with Crippen LogP contribution < -0.4 is 0 Å². The Bertz CT molecular complexity index is 291. The molecule has 66 valence electrons. The van der Waals surface area contributed by atoms with Crippen molar-refractivity contribution in [1.82, 2.24) is 4.98 Å². The summed E-state index contributed by atoms with van der Waals surface area (Å²) in [6.45, 7) is 6.15. The van der Waals surface area contributed by atoms with Crippen molar-refractivity contribution >= 4 is 11.6 Å². The lowest BCUT2D eigenvalue weighted by molar-refractivity contribution is 0.451. The van der Waals surface area contributed by atoms with Gasteiger partial charge in [0.15, 0.2) is 0 Å². The Morgan fingerprint density at radius 1 is 1.42 bits per heavy atom. The Morgan fingerprint density at radius 2 is 2.00 bits per heavy atom. The molecule has 0 aromatic carbocycles. The van der Waals surface area contributed by atoms with E-state index in [1.54, 1.807) is 6.20 Å². The van der Waals surface area contributed by atoms with Gasteiger partial charge >= 0.3 is 0 Å². The summed E-state index contributed by atoms with van der Waals surface area (Å²) in [5.74, 6) is -0.0343. The molecule has 0 aliphatic carbocycles. The molecule has 1 heterocycles. The van der Waals surface area contributed by atoms with Gasteiger partial charge in [-0.15, -0.1) is 0 Å². The number of aromatic nitrogens is 1. The number of rotatable bonds is 0. The Hall–Kier alpha value is -0.760. The molecule has 2 nitrogen and oxygen atoms in total. The monoisotopic (exact) mass is 185 g/mol. The second kappa shape index (κ2) is 2.94. The predicted molar refractivity (Wildman–Crippen MR) is 49.6 cm³/mol. The molecule has 0 fully saturated rings. The minimum absolute atomic E-state index is 0.0300. The van der Waals surface area contributed by atoms with E-state index < -0.39 is 0 Å². The zero-order valence-electron chi connectivity index (χ0n) is 7.43. The minimum Gasteiger partial charge on any atom is -0.493 e. The van der Waals surface area contributed by atoms with Crippen LogP contribution in [-0.2, 0) is 5.41 Å². The van der Waals surface area contributed by atoms with Gasteiger partial charge in [-0.3, -0.25) is 0 Å². The molecule has 0 amide bonds. The fourth-order valence-electron chi connectivity index (χ4n) is 0.973. The van der Waals surface area contributed by atoms with Crippen molar-refractivity contribution < 1.29 is 5.11 Å². The van der Waals surface area contributed by atoms with Crippen molar-refractivity contribution in [2.24, 2.45) is 0 Å². The normalized spacial score (nSPS) is 11.7. The maximum atomic E-state index is 9.01. The molecule has 0 aliphatic rings. The van der Waals surface area contributed by atoms with E-state index in [1.807, 2.05) is 20.8 Å². The molecule has 0 spiro atoms. The third-order valence-electron chi connectivity index (χ3n) is 1.65. The number of hydrogen-bond donors (Lipinski definition) is 1. The van der Waals surface area contributed by atoms with E-state index in [4.69, 9.17) is 16.7 Å². The Labute approximate surface area is 77.2 Å². The molecule has 12 heavy (non-hydrogen) atoms. The molecule has 0 atom stereocenters. The highest BCUT2D eigenvalue weighted by Gasteiger charge is 2.17. The standard InChI is InChI=1S/C9H12ClNO/c1-9(2,3)6-5-11-8(12)4-7(6)10/h4-5H,1-3H3,(H,11,12). The van der Waals surface area contributed by atoms with Crippen LogP contribution in [0.5, 0.6) is 5.88 Å². The predicted octanol–water partition coefficient (Wildman–Crippen LogP) is 2.74. The van der Waals surface area contributed by atoms with Crippen molar-refractivity contribution in [2.75, 3.05) is 0 Å². The fraction of sp³-hybridized carbons (Fsp3) is 0.444. The van der Waals surface area contributed by atoms with Crippen molar-refractivity contribution in [1.29, 1.82) is 0 Å². The smallest absolute Gasteiger partial charge is 0.212 e. The first-order chi connectivity index (χ1) is 5.41. The molecule has 0 unspecified atom stereocenters. The summed E-state index contributed by atoms with van der Waals surface area (Å²) in [5.41, 5.74) is 0.916. The molecule has 0 saturated heterocycles. The van der Waals surface area contributed by atoms with Crippen LogP contribution in [0.25, 0.3) is 0 Å². The molecule has 0 bridgehead atoms. The van der Waals surface area contributed by atoms with Gasteiger partial charge in [0, 0.05) is 12.3 Å². The minimum atomic E-state index is -0.0343. The number of aromatic hydroxyl groups is 1. The van der Waals surface area contributed by atoms with Crippen LogP contribution in [0.1, 0.15) is 26.3 Å². The summed E-state index contributed by atoms with van der Waals surface area (Å²) >= 11 is 5.91. The summed E-state index contributed by atoms with van der Waals surface area (Å²) in [5, 5.41) is 9.57. The zero-order valence-corrected chi connectivity index (χ0v) is 8.18. The van der Waals surface area contributed by atoms with Gasteiger partial charge in [0.25, 0.3) is 0 Å². The summed E-state index contributed by atoms with van der Waals surface area (Å²) in [6, 6.07) is 1.46. The highest BCUT2D eigenvalue weighted by atomic mass is 35.5. The largest absolute Gasteiger partial charge is 0.493 e. The maximum Gasteiger partial charge on any atom is 0.212 e. The van der Waals surface area contributed by atoms with E-state index >= 15 is 0 Å². The number of halogens is 1. The highest BCUT2D eigenvalue weighted by molar-refractivity contribution is 6.31. The van der Waals surface area contributed by atoms with Gasteiger partial charge in [-0.1, -0.05) is 32.4 Å². The SMILES string of the molecule is CC(C)(C)c1cnc(O)cc1Cl. The number of hydrogen-bond acceptors (Lipinski definition) is 2. The lowest BCUT2D eigenvalue weighted by Crippen LogP contribution is -2.11. The van der Waals surface area contributed by atoms with Gasteiger partial charge in [-0.2, -0.15) is 0 Å². The van der Waals surface area contributed by atoms with Crippen molar-refractivity contribution in [3.8, 4) is 5.88 Å². The third kappa shape index (κ3) is 1.89. The molecule has 0 saturated carbocycles. The van der Waals surface area contributed by atoms with Crippen LogP contribution in [0.2, 0.25) is 5.02 Å². The highest BCUT2D eigenvalue weighted by Crippen LogP contribution is 2.29. The molecule has 3 heteroatoms. The summed E-state index contributed by atoms with van der Waals surface area (Å²) in [7, 11) is 0. The zero-order chi connectivity index (χ0) is 9.35. The second-order valence-corrected chi connectivity index (χ2v) is 4.18. The van der Waals surface area contributed by atoms with Gasteiger partial charge in [-0.05, 0) is 11.0 Å². The average molecular weight is 186 g/mol. The fourth-order valence-corrected chi connectivity index (χ4v) is 1.40.